The first-order valence-electron chi connectivity index (χ1n) is 8.11. The lowest BCUT2D eigenvalue weighted by molar-refractivity contribution is -0.129. The van der Waals surface area contributed by atoms with Crippen LogP contribution in [0.5, 0.6) is 5.75 Å². The molecule has 0 unspecified atom stereocenters. The molecule has 0 N–H and O–H groups in total. The van der Waals surface area contributed by atoms with Crippen LogP contribution in [0.1, 0.15) is 16.0 Å². The molecule has 0 atom stereocenters. The van der Waals surface area contributed by atoms with Gasteiger partial charge >= 0.3 is 5.97 Å². The molecule has 0 aliphatic carbocycles. The van der Waals surface area contributed by atoms with E-state index in [4.69, 9.17) is 9.47 Å². The van der Waals surface area contributed by atoms with Crippen molar-refractivity contribution in [1.29, 1.82) is 0 Å². The van der Waals surface area contributed by atoms with Crippen LogP contribution in [0.2, 0.25) is 0 Å². The Labute approximate surface area is 155 Å². The summed E-state index contributed by atoms with van der Waals surface area (Å²) in [4.78, 5) is 17.3. The van der Waals surface area contributed by atoms with Gasteiger partial charge in [-0.1, -0.05) is 36.4 Å². The van der Waals surface area contributed by atoms with Gasteiger partial charge in [0, 0.05) is 10.4 Å². The number of benzene rings is 2. The summed E-state index contributed by atoms with van der Waals surface area (Å²) in [5.74, 6) is 0.627. The number of hydrogen-bond acceptors (Lipinski definition) is 5. The van der Waals surface area contributed by atoms with Crippen LogP contribution in [0, 0.1) is 0 Å². The first-order chi connectivity index (χ1) is 12.8. The second-order valence-corrected chi connectivity index (χ2v) is 6.63. The Hall–Kier alpha value is -3.18. The fraction of sp³-hybridized carbons (Fsp3) is 0.0476. The molecule has 0 amide bonds. The van der Waals surface area contributed by atoms with Gasteiger partial charge in [0.25, 0.3) is 0 Å². The summed E-state index contributed by atoms with van der Waals surface area (Å²) in [6.07, 6.45) is 1.73. The molecule has 2 aromatic carbocycles. The van der Waals surface area contributed by atoms with Gasteiger partial charge in [-0.25, -0.2) is 9.79 Å². The summed E-state index contributed by atoms with van der Waals surface area (Å²) >= 11 is 1.54. The monoisotopic (exact) mass is 361 g/mol. The largest absolute Gasteiger partial charge is 0.489 e. The molecule has 1 aliphatic heterocycles. The predicted molar refractivity (Wildman–Crippen MR) is 102 cm³/mol. The molecule has 5 heteroatoms. The lowest BCUT2D eigenvalue weighted by Crippen LogP contribution is -2.05. The van der Waals surface area contributed by atoms with E-state index in [9.17, 15) is 4.79 Å². The first-order valence-corrected chi connectivity index (χ1v) is 8.99. The molecule has 0 saturated heterocycles. The number of hydrogen-bond donors (Lipinski definition) is 0. The lowest BCUT2D eigenvalue weighted by Gasteiger charge is -2.07. The molecule has 0 bridgehead atoms. The van der Waals surface area contributed by atoms with Gasteiger partial charge < -0.3 is 9.47 Å². The number of carbonyl (C=O) groups is 1. The quantitative estimate of drug-likeness (QED) is 0.490. The van der Waals surface area contributed by atoms with E-state index in [1.165, 1.54) is 0 Å². The van der Waals surface area contributed by atoms with Gasteiger partial charge in [0.1, 0.15) is 12.4 Å². The van der Waals surface area contributed by atoms with Crippen LogP contribution in [0.15, 0.2) is 82.8 Å². The third-order valence-electron chi connectivity index (χ3n) is 3.79. The van der Waals surface area contributed by atoms with Crippen molar-refractivity contribution in [3.05, 3.63) is 93.8 Å². The average Bonchev–Trinajstić information content (AvgIpc) is 3.32. The Morgan fingerprint density at radius 3 is 2.54 bits per heavy atom. The number of ether oxygens (including phenoxy) is 2. The highest BCUT2D eigenvalue weighted by Gasteiger charge is 2.24. The standard InChI is InChI=1S/C21H15NO3S/c23-21-19(13-18-7-4-12-26-18)22-20(25-21)16-8-10-17(11-9-16)24-14-15-5-2-1-3-6-15/h1-13H,14H2/b19-13-. The summed E-state index contributed by atoms with van der Waals surface area (Å²) in [5, 5.41) is 1.95. The van der Waals surface area contributed by atoms with Crippen LogP contribution in [-0.4, -0.2) is 11.9 Å². The Morgan fingerprint density at radius 2 is 1.81 bits per heavy atom. The van der Waals surface area contributed by atoms with Crippen molar-refractivity contribution < 1.29 is 14.3 Å². The molecule has 1 aromatic heterocycles. The maximum atomic E-state index is 12.0. The van der Waals surface area contributed by atoms with Gasteiger partial charge in [-0.3, -0.25) is 0 Å². The van der Waals surface area contributed by atoms with E-state index in [0.717, 1.165) is 21.8 Å². The summed E-state index contributed by atoms with van der Waals surface area (Å²) in [6.45, 7) is 0.504. The molecule has 0 spiro atoms. The topological polar surface area (TPSA) is 47.9 Å². The molecule has 0 radical (unpaired) electrons. The van der Waals surface area contributed by atoms with E-state index in [2.05, 4.69) is 4.99 Å². The van der Waals surface area contributed by atoms with E-state index >= 15 is 0 Å². The molecule has 26 heavy (non-hydrogen) atoms. The highest BCUT2D eigenvalue weighted by atomic mass is 32.1. The summed E-state index contributed by atoms with van der Waals surface area (Å²) in [6, 6.07) is 21.2. The fourth-order valence-electron chi connectivity index (χ4n) is 2.48. The minimum atomic E-state index is -0.433. The predicted octanol–water partition coefficient (Wildman–Crippen LogP) is 4.67. The van der Waals surface area contributed by atoms with E-state index in [1.807, 2.05) is 72.1 Å². The minimum Gasteiger partial charge on any atom is -0.489 e. The SMILES string of the molecule is O=C1OC(c2ccc(OCc3ccccc3)cc2)=N/C1=C\c1cccs1. The highest BCUT2D eigenvalue weighted by Crippen LogP contribution is 2.22. The molecule has 128 valence electrons. The molecule has 0 saturated carbocycles. The molecule has 4 rings (SSSR count). The van der Waals surface area contributed by atoms with Crippen LogP contribution in [-0.2, 0) is 16.1 Å². The number of carbonyl (C=O) groups excluding carboxylic acids is 1. The number of esters is 1. The minimum absolute atomic E-state index is 0.312. The number of rotatable bonds is 5. The molecular formula is C21H15NO3S. The van der Waals surface area contributed by atoms with Gasteiger partial charge in [0.2, 0.25) is 5.90 Å². The number of cyclic esters (lactones) is 1. The van der Waals surface area contributed by atoms with Crippen molar-refractivity contribution in [3.8, 4) is 5.75 Å². The summed E-state index contributed by atoms with van der Waals surface area (Å²) < 4.78 is 11.0. The van der Waals surface area contributed by atoms with Gasteiger partial charge in [0.05, 0.1) is 0 Å². The van der Waals surface area contributed by atoms with Gasteiger partial charge in [-0.15, -0.1) is 11.3 Å². The van der Waals surface area contributed by atoms with E-state index in [0.29, 0.717) is 18.2 Å². The Bertz CT molecular complexity index is 958. The number of thiophene rings is 1. The maximum Gasteiger partial charge on any atom is 0.363 e. The lowest BCUT2D eigenvalue weighted by atomic mass is 10.2. The van der Waals surface area contributed by atoms with Crippen molar-refractivity contribution in [2.45, 2.75) is 6.61 Å². The van der Waals surface area contributed by atoms with Crippen molar-refractivity contribution in [2.24, 2.45) is 4.99 Å². The maximum absolute atomic E-state index is 12.0. The van der Waals surface area contributed by atoms with Crippen LogP contribution in [0.25, 0.3) is 6.08 Å². The molecule has 3 aromatic rings. The van der Waals surface area contributed by atoms with E-state index in [-0.39, 0.29) is 0 Å². The fourth-order valence-corrected chi connectivity index (χ4v) is 3.13. The normalized spacial score (nSPS) is 15.0. The van der Waals surface area contributed by atoms with Gasteiger partial charge in [0.15, 0.2) is 5.70 Å². The van der Waals surface area contributed by atoms with Crippen LogP contribution < -0.4 is 4.74 Å². The molecule has 0 fully saturated rings. The molecular weight excluding hydrogens is 346 g/mol. The van der Waals surface area contributed by atoms with Crippen LogP contribution in [0.4, 0.5) is 0 Å². The first kappa shape index (κ1) is 16.3. The zero-order chi connectivity index (χ0) is 17.8. The van der Waals surface area contributed by atoms with Crippen molar-refractivity contribution in [2.75, 3.05) is 0 Å². The van der Waals surface area contributed by atoms with Crippen molar-refractivity contribution >= 4 is 29.3 Å². The van der Waals surface area contributed by atoms with Crippen LogP contribution >= 0.6 is 11.3 Å². The Morgan fingerprint density at radius 1 is 1.00 bits per heavy atom. The summed E-state index contributed by atoms with van der Waals surface area (Å²) in [5.41, 5.74) is 2.15. The van der Waals surface area contributed by atoms with Crippen molar-refractivity contribution in [1.82, 2.24) is 0 Å². The van der Waals surface area contributed by atoms with E-state index in [1.54, 1.807) is 17.4 Å². The second kappa shape index (κ2) is 7.37. The molecule has 2 heterocycles. The number of nitrogens with zero attached hydrogens (tertiary/aromatic N) is 1. The zero-order valence-electron chi connectivity index (χ0n) is 13.8. The number of aliphatic imine (C=N–C) groups is 1. The van der Waals surface area contributed by atoms with Crippen LogP contribution in [0.3, 0.4) is 0 Å². The van der Waals surface area contributed by atoms with Gasteiger partial charge in [-0.2, -0.15) is 0 Å². The van der Waals surface area contributed by atoms with Crippen molar-refractivity contribution in [3.63, 3.8) is 0 Å². The highest BCUT2D eigenvalue weighted by molar-refractivity contribution is 7.10. The smallest absolute Gasteiger partial charge is 0.363 e. The molecule has 4 nitrogen and oxygen atoms in total. The third kappa shape index (κ3) is 3.73. The van der Waals surface area contributed by atoms with E-state index < -0.39 is 5.97 Å². The molecule has 1 aliphatic rings. The Balaban J connectivity index is 1.46. The summed E-state index contributed by atoms with van der Waals surface area (Å²) in [7, 11) is 0. The average molecular weight is 361 g/mol. The second-order valence-electron chi connectivity index (χ2n) is 5.65. The zero-order valence-corrected chi connectivity index (χ0v) is 14.6. The third-order valence-corrected chi connectivity index (χ3v) is 4.61. The Kier molecular flexibility index (Phi) is 4.62. The van der Waals surface area contributed by atoms with Gasteiger partial charge in [-0.05, 0) is 47.4 Å².